The third-order valence-corrected chi connectivity index (χ3v) is 3.50. The fourth-order valence-electron chi connectivity index (χ4n) is 2.38. The van der Waals surface area contributed by atoms with Gasteiger partial charge in [0.25, 0.3) is 0 Å². The van der Waals surface area contributed by atoms with E-state index in [-0.39, 0.29) is 0 Å². The summed E-state index contributed by atoms with van der Waals surface area (Å²) in [5, 5.41) is 6.52. The fourth-order valence-corrected chi connectivity index (χ4v) is 2.38. The van der Waals surface area contributed by atoms with Crippen molar-refractivity contribution >= 4 is 17.5 Å². The Morgan fingerprint density at radius 1 is 1.00 bits per heavy atom. The molecule has 24 heavy (non-hydrogen) atoms. The number of nitrogens with zero attached hydrogens (tertiary/aromatic N) is 2. The molecule has 0 unspecified atom stereocenters. The van der Waals surface area contributed by atoms with Gasteiger partial charge in [-0.05, 0) is 24.6 Å². The molecule has 1 aromatic heterocycles. The van der Waals surface area contributed by atoms with E-state index in [0.717, 1.165) is 22.8 Å². The van der Waals surface area contributed by atoms with Crippen LogP contribution < -0.4 is 10.6 Å². The molecule has 0 atom stereocenters. The van der Waals surface area contributed by atoms with Gasteiger partial charge >= 0.3 is 0 Å². The van der Waals surface area contributed by atoms with Gasteiger partial charge in [0.1, 0.15) is 5.82 Å². The summed E-state index contributed by atoms with van der Waals surface area (Å²) in [5.74, 6) is 1.33. The van der Waals surface area contributed by atoms with Gasteiger partial charge in [-0.25, -0.2) is 4.98 Å². The van der Waals surface area contributed by atoms with Gasteiger partial charge in [0, 0.05) is 23.9 Å². The fraction of sp³-hybridized carbons (Fsp3) is 0.100. The molecule has 4 heteroatoms. The van der Waals surface area contributed by atoms with E-state index in [9.17, 15) is 0 Å². The summed E-state index contributed by atoms with van der Waals surface area (Å²) in [6.07, 6.45) is 1.80. The number of hydrogen-bond donors (Lipinski definition) is 2. The molecule has 0 saturated heterocycles. The van der Waals surface area contributed by atoms with Crippen molar-refractivity contribution in [1.82, 2.24) is 9.97 Å². The van der Waals surface area contributed by atoms with E-state index >= 15 is 0 Å². The van der Waals surface area contributed by atoms with E-state index in [2.05, 4.69) is 46.2 Å². The number of rotatable bonds is 6. The van der Waals surface area contributed by atoms with E-state index in [1.165, 1.54) is 5.56 Å². The summed E-state index contributed by atoms with van der Waals surface area (Å²) in [4.78, 5) is 9.19. The maximum atomic E-state index is 4.65. The molecule has 0 aliphatic rings. The van der Waals surface area contributed by atoms with Gasteiger partial charge in [-0.15, -0.1) is 6.58 Å². The molecule has 0 aliphatic carbocycles. The molecule has 3 rings (SSSR count). The van der Waals surface area contributed by atoms with Crippen LogP contribution in [0.2, 0.25) is 0 Å². The van der Waals surface area contributed by atoms with E-state index in [0.29, 0.717) is 12.5 Å². The molecule has 0 aliphatic heterocycles. The Morgan fingerprint density at radius 3 is 2.58 bits per heavy atom. The molecule has 3 aromatic rings. The molecule has 120 valence electrons. The minimum absolute atomic E-state index is 0.563. The summed E-state index contributed by atoms with van der Waals surface area (Å²) in [7, 11) is 0. The van der Waals surface area contributed by atoms with Crippen LogP contribution >= 0.6 is 0 Å². The van der Waals surface area contributed by atoms with Gasteiger partial charge in [-0.3, -0.25) is 0 Å². The maximum Gasteiger partial charge on any atom is 0.229 e. The maximum absolute atomic E-state index is 4.65. The predicted molar refractivity (Wildman–Crippen MR) is 101 cm³/mol. The smallest absolute Gasteiger partial charge is 0.229 e. The van der Waals surface area contributed by atoms with E-state index in [1.54, 1.807) is 6.08 Å². The number of anilines is 3. The molecule has 0 amide bonds. The highest BCUT2D eigenvalue weighted by Crippen LogP contribution is 2.23. The van der Waals surface area contributed by atoms with Crippen LogP contribution in [0.5, 0.6) is 0 Å². The Balaban J connectivity index is 1.96. The van der Waals surface area contributed by atoms with Gasteiger partial charge in [0.2, 0.25) is 5.95 Å². The second-order valence-corrected chi connectivity index (χ2v) is 5.49. The van der Waals surface area contributed by atoms with Gasteiger partial charge in [0.15, 0.2) is 0 Å². The van der Waals surface area contributed by atoms with Crippen LogP contribution in [0.15, 0.2) is 73.3 Å². The van der Waals surface area contributed by atoms with Crippen LogP contribution in [-0.2, 0) is 0 Å². The molecule has 0 bridgehead atoms. The summed E-state index contributed by atoms with van der Waals surface area (Å²) in [5.41, 5.74) is 4.07. The van der Waals surface area contributed by atoms with E-state index < -0.39 is 0 Å². The Labute approximate surface area is 142 Å². The topological polar surface area (TPSA) is 49.8 Å². The van der Waals surface area contributed by atoms with Crippen LogP contribution in [0.1, 0.15) is 5.56 Å². The number of aromatic nitrogens is 2. The number of nitrogens with one attached hydrogen (secondary N) is 2. The zero-order valence-electron chi connectivity index (χ0n) is 13.7. The largest absolute Gasteiger partial charge is 0.366 e. The number of hydrogen-bond acceptors (Lipinski definition) is 4. The van der Waals surface area contributed by atoms with Crippen LogP contribution in [-0.4, -0.2) is 16.5 Å². The highest BCUT2D eigenvalue weighted by atomic mass is 15.1. The van der Waals surface area contributed by atoms with E-state index in [1.807, 2.05) is 48.5 Å². The Morgan fingerprint density at radius 2 is 1.83 bits per heavy atom. The second-order valence-electron chi connectivity index (χ2n) is 5.49. The van der Waals surface area contributed by atoms with Gasteiger partial charge in [0.05, 0.1) is 5.69 Å². The van der Waals surface area contributed by atoms with Gasteiger partial charge in [-0.1, -0.05) is 48.5 Å². The monoisotopic (exact) mass is 316 g/mol. The van der Waals surface area contributed by atoms with Crippen LogP contribution in [0.4, 0.5) is 17.5 Å². The quantitative estimate of drug-likeness (QED) is 0.642. The minimum Gasteiger partial charge on any atom is -0.366 e. The molecule has 1 heterocycles. The van der Waals surface area contributed by atoms with Crippen LogP contribution in [0, 0.1) is 6.92 Å². The zero-order valence-corrected chi connectivity index (χ0v) is 13.7. The van der Waals surface area contributed by atoms with Crippen molar-refractivity contribution in [3.05, 3.63) is 78.9 Å². The van der Waals surface area contributed by atoms with Crippen molar-refractivity contribution < 1.29 is 0 Å². The minimum atomic E-state index is 0.563. The Hall–Kier alpha value is -3.14. The van der Waals surface area contributed by atoms with Gasteiger partial charge in [-0.2, -0.15) is 4.98 Å². The molecule has 2 N–H and O–H groups in total. The first-order valence-corrected chi connectivity index (χ1v) is 7.87. The average molecular weight is 316 g/mol. The van der Waals surface area contributed by atoms with Crippen molar-refractivity contribution in [1.29, 1.82) is 0 Å². The predicted octanol–water partition coefficient (Wildman–Crippen LogP) is 4.79. The lowest BCUT2D eigenvalue weighted by Crippen LogP contribution is -2.05. The highest BCUT2D eigenvalue weighted by molar-refractivity contribution is 5.66. The third kappa shape index (κ3) is 3.98. The lowest BCUT2D eigenvalue weighted by Gasteiger charge is -2.11. The average Bonchev–Trinajstić information content (AvgIpc) is 2.60. The molecule has 0 saturated carbocycles. The zero-order chi connectivity index (χ0) is 16.8. The molecule has 2 aromatic carbocycles. The lowest BCUT2D eigenvalue weighted by atomic mass is 10.1. The second kappa shape index (κ2) is 7.42. The number of aryl methyl sites for hydroxylation is 1. The highest BCUT2D eigenvalue weighted by Gasteiger charge is 2.07. The normalized spacial score (nSPS) is 10.2. The van der Waals surface area contributed by atoms with Crippen molar-refractivity contribution in [3.63, 3.8) is 0 Å². The van der Waals surface area contributed by atoms with Crippen LogP contribution in [0.25, 0.3) is 11.3 Å². The Bertz CT molecular complexity index is 828. The molecular formula is C20H20N4. The third-order valence-electron chi connectivity index (χ3n) is 3.50. The Kier molecular flexibility index (Phi) is 4.87. The van der Waals surface area contributed by atoms with Crippen molar-refractivity contribution in [2.45, 2.75) is 6.92 Å². The molecule has 0 radical (unpaired) electrons. The first-order valence-electron chi connectivity index (χ1n) is 7.87. The van der Waals surface area contributed by atoms with Crippen LogP contribution in [0.3, 0.4) is 0 Å². The van der Waals surface area contributed by atoms with E-state index in [4.69, 9.17) is 0 Å². The summed E-state index contributed by atoms with van der Waals surface area (Å²) < 4.78 is 0. The van der Waals surface area contributed by atoms with Crippen molar-refractivity contribution in [3.8, 4) is 11.3 Å². The lowest BCUT2D eigenvalue weighted by molar-refractivity contribution is 1.14. The summed E-state index contributed by atoms with van der Waals surface area (Å²) in [6, 6.07) is 20.2. The summed E-state index contributed by atoms with van der Waals surface area (Å²) >= 11 is 0. The first-order chi connectivity index (χ1) is 11.7. The molecule has 0 fully saturated rings. The van der Waals surface area contributed by atoms with Crippen molar-refractivity contribution in [2.24, 2.45) is 0 Å². The first kappa shape index (κ1) is 15.7. The summed E-state index contributed by atoms with van der Waals surface area (Å²) in [6.45, 7) is 6.44. The standard InChI is InChI=1S/C20H20N4/c1-3-12-21-19-14-18(16-9-5-4-6-10-16)23-20(24-19)22-17-11-7-8-15(2)13-17/h3-11,13-14H,1,12H2,2H3,(H2,21,22,23,24). The molecular weight excluding hydrogens is 296 g/mol. The van der Waals surface area contributed by atoms with Gasteiger partial charge < -0.3 is 10.6 Å². The number of benzene rings is 2. The SMILES string of the molecule is C=CCNc1cc(-c2ccccc2)nc(Nc2cccc(C)c2)n1. The molecule has 0 spiro atoms. The molecule has 4 nitrogen and oxygen atoms in total. The van der Waals surface area contributed by atoms with Crippen molar-refractivity contribution in [2.75, 3.05) is 17.2 Å².